The average molecular weight is 490 g/mol. The standard InChI is InChI=1S/C21H19BrN2O5S/c1-4-29-17-9-13(15(22)11-16(17)28-3)10-18-19(25)24(2)21(30-18)23-14-7-5-12(6-8-14)20(26)27/h5-11H,4H2,1-3H3,(H,26,27)/p-1/b18-10-,23-21?. The second-order valence-electron chi connectivity index (χ2n) is 6.16. The highest BCUT2D eigenvalue weighted by Crippen LogP contribution is 2.38. The minimum atomic E-state index is -1.25. The number of thioether (sulfide) groups is 1. The summed E-state index contributed by atoms with van der Waals surface area (Å²) in [5.41, 5.74) is 1.37. The van der Waals surface area contributed by atoms with Crippen LogP contribution >= 0.6 is 27.7 Å². The number of aromatic carboxylic acids is 1. The van der Waals surface area contributed by atoms with Crippen molar-refractivity contribution < 1.29 is 24.2 Å². The highest BCUT2D eigenvalue weighted by atomic mass is 79.9. The van der Waals surface area contributed by atoms with Crippen LogP contribution in [0.2, 0.25) is 0 Å². The molecule has 30 heavy (non-hydrogen) atoms. The molecule has 0 aliphatic carbocycles. The van der Waals surface area contributed by atoms with E-state index < -0.39 is 5.97 Å². The number of likely N-dealkylation sites (N-methyl/N-ethyl adjacent to an activating group) is 1. The molecule has 0 atom stereocenters. The maximum absolute atomic E-state index is 12.7. The van der Waals surface area contributed by atoms with Crippen LogP contribution in [-0.4, -0.2) is 42.7 Å². The predicted octanol–water partition coefficient (Wildman–Crippen LogP) is 3.45. The Labute approximate surface area is 186 Å². The molecule has 2 aromatic rings. The topological polar surface area (TPSA) is 91.3 Å². The van der Waals surface area contributed by atoms with Gasteiger partial charge in [0.25, 0.3) is 5.91 Å². The van der Waals surface area contributed by atoms with E-state index in [1.165, 1.54) is 28.8 Å². The lowest BCUT2D eigenvalue weighted by Gasteiger charge is -2.11. The number of hydrogen-bond acceptors (Lipinski definition) is 7. The van der Waals surface area contributed by atoms with Crippen molar-refractivity contribution in [3.05, 3.63) is 56.9 Å². The van der Waals surface area contributed by atoms with Crippen LogP contribution < -0.4 is 14.6 Å². The van der Waals surface area contributed by atoms with Crippen LogP contribution in [-0.2, 0) is 4.79 Å². The molecule has 0 radical (unpaired) electrons. The van der Waals surface area contributed by atoms with Gasteiger partial charge in [-0.15, -0.1) is 0 Å². The summed E-state index contributed by atoms with van der Waals surface area (Å²) in [6, 6.07) is 9.55. The molecule has 1 fully saturated rings. The smallest absolute Gasteiger partial charge is 0.266 e. The number of hydrogen-bond donors (Lipinski definition) is 0. The molecule has 1 aliphatic rings. The summed E-state index contributed by atoms with van der Waals surface area (Å²) in [4.78, 5) is 30.0. The summed E-state index contributed by atoms with van der Waals surface area (Å²) in [5, 5.41) is 11.4. The lowest BCUT2D eigenvalue weighted by Crippen LogP contribution is -2.23. The molecule has 0 saturated carbocycles. The zero-order chi connectivity index (χ0) is 21.8. The Kier molecular flexibility index (Phi) is 6.84. The van der Waals surface area contributed by atoms with Crippen LogP contribution in [0.5, 0.6) is 11.5 Å². The number of nitrogens with zero attached hydrogens (tertiary/aromatic N) is 2. The number of carbonyl (C=O) groups is 2. The SMILES string of the molecule is CCOc1cc(/C=C2\SC(=Nc3ccc(C(=O)[O-])cc3)N(C)C2=O)c(Br)cc1OC. The third-order valence-electron chi connectivity index (χ3n) is 4.20. The number of carboxylic acid groups (broad SMARTS) is 1. The maximum atomic E-state index is 12.7. The third kappa shape index (κ3) is 4.68. The fraction of sp³-hybridized carbons (Fsp3) is 0.190. The Morgan fingerprint density at radius 3 is 2.57 bits per heavy atom. The second kappa shape index (κ2) is 9.36. The van der Waals surface area contributed by atoms with Gasteiger partial charge in [-0.05, 0) is 60.2 Å². The summed E-state index contributed by atoms with van der Waals surface area (Å²) in [6.07, 6.45) is 1.76. The zero-order valence-electron chi connectivity index (χ0n) is 16.5. The third-order valence-corrected chi connectivity index (χ3v) is 5.95. The molecule has 0 N–H and O–H groups in total. The molecule has 1 heterocycles. The lowest BCUT2D eigenvalue weighted by molar-refractivity contribution is -0.255. The van der Waals surface area contributed by atoms with E-state index >= 15 is 0 Å². The number of aliphatic imine (C=N–C) groups is 1. The highest BCUT2D eigenvalue weighted by molar-refractivity contribution is 9.10. The quantitative estimate of drug-likeness (QED) is 0.577. The second-order valence-corrected chi connectivity index (χ2v) is 8.02. The van der Waals surface area contributed by atoms with Gasteiger partial charge in [0.1, 0.15) is 0 Å². The number of carboxylic acids is 1. The molecule has 1 saturated heterocycles. The Balaban J connectivity index is 1.91. The lowest BCUT2D eigenvalue weighted by atomic mass is 10.2. The Morgan fingerprint density at radius 2 is 1.97 bits per heavy atom. The van der Waals surface area contributed by atoms with Gasteiger partial charge in [-0.3, -0.25) is 9.69 Å². The molecule has 7 nitrogen and oxygen atoms in total. The molecule has 1 amide bonds. The Bertz CT molecular complexity index is 1050. The summed E-state index contributed by atoms with van der Waals surface area (Å²) in [6.45, 7) is 2.37. The van der Waals surface area contributed by atoms with E-state index in [1.54, 1.807) is 44.5 Å². The Hall–Kier alpha value is -2.78. The van der Waals surface area contributed by atoms with E-state index in [9.17, 15) is 14.7 Å². The number of methoxy groups -OCH3 is 1. The van der Waals surface area contributed by atoms with Crippen molar-refractivity contribution in [2.75, 3.05) is 20.8 Å². The summed E-state index contributed by atoms with van der Waals surface area (Å²) in [7, 11) is 3.20. The minimum Gasteiger partial charge on any atom is -0.545 e. The van der Waals surface area contributed by atoms with Crippen LogP contribution in [0.15, 0.2) is 50.8 Å². The number of rotatable bonds is 6. The van der Waals surface area contributed by atoms with Gasteiger partial charge < -0.3 is 19.4 Å². The summed E-state index contributed by atoms with van der Waals surface area (Å²) in [5.74, 6) is -0.263. The van der Waals surface area contributed by atoms with Crippen molar-refractivity contribution in [1.29, 1.82) is 0 Å². The van der Waals surface area contributed by atoms with Crippen molar-refractivity contribution >= 4 is 56.5 Å². The number of carbonyl (C=O) groups excluding carboxylic acids is 2. The van der Waals surface area contributed by atoms with Crippen LogP contribution in [0.25, 0.3) is 6.08 Å². The highest BCUT2D eigenvalue weighted by Gasteiger charge is 2.30. The number of ether oxygens (including phenoxy) is 2. The van der Waals surface area contributed by atoms with E-state index in [-0.39, 0.29) is 11.5 Å². The van der Waals surface area contributed by atoms with E-state index in [1.807, 2.05) is 6.92 Å². The summed E-state index contributed by atoms with van der Waals surface area (Å²) < 4.78 is 11.7. The molecule has 3 rings (SSSR count). The molecule has 1 aliphatic heterocycles. The first-order valence-corrected chi connectivity index (χ1v) is 10.5. The Morgan fingerprint density at radius 1 is 1.27 bits per heavy atom. The van der Waals surface area contributed by atoms with Crippen molar-refractivity contribution in [2.24, 2.45) is 4.99 Å². The van der Waals surface area contributed by atoms with E-state index in [0.29, 0.717) is 33.9 Å². The van der Waals surface area contributed by atoms with Crippen LogP contribution in [0.4, 0.5) is 5.69 Å². The van der Waals surface area contributed by atoms with Crippen LogP contribution in [0.3, 0.4) is 0 Å². The van der Waals surface area contributed by atoms with Crippen molar-refractivity contribution in [1.82, 2.24) is 4.90 Å². The molecule has 0 aromatic heterocycles. The van der Waals surface area contributed by atoms with Crippen LogP contribution in [0, 0.1) is 0 Å². The minimum absolute atomic E-state index is 0.0671. The van der Waals surface area contributed by atoms with Gasteiger partial charge in [0.05, 0.1) is 30.3 Å². The average Bonchev–Trinajstić information content (AvgIpc) is 2.98. The first kappa shape index (κ1) is 21.9. The van der Waals surface area contributed by atoms with E-state index in [2.05, 4.69) is 20.9 Å². The number of benzene rings is 2. The molecule has 0 unspecified atom stereocenters. The monoisotopic (exact) mass is 489 g/mol. The van der Waals surface area contributed by atoms with Gasteiger partial charge in [0.15, 0.2) is 16.7 Å². The van der Waals surface area contributed by atoms with Gasteiger partial charge in [-0.1, -0.05) is 28.1 Å². The van der Waals surface area contributed by atoms with Crippen molar-refractivity contribution in [3.8, 4) is 11.5 Å². The van der Waals surface area contributed by atoms with Gasteiger partial charge in [-0.25, -0.2) is 4.99 Å². The molecular weight excluding hydrogens is 472 g/mol. The molecular formula is C21H18BrN2O5S-. The van der Waals surface area contributed by atoms with E-state index in [0.717, 1.165) is 10.0 Å². The number of amidine groups is 1. The molecule has 0 bridgehead atoms. The largest absolute Gasteiger partial charge is 0.545 e. The normalized spacial score (nSPS) is 16.4. The first-order valence-electron chi connectivity index (χ1n) is 8.92. The summed E-state index contributed by atoms with van der Waals surface area (Å²) >= 11 is 4.74. The van der Waals surface area contributed by atoms with Gasteiger partial charge in [0.2, 0.25) is 0 Å². The van der Waals surface area contributed by atoms with Gasteiger partial charge >= 0.3 is 0 Å². The number of amides is 1. The first-order chi connectivity index (χ1) is 14.3. The maximum Gasteiger partial charge on any atom is 0.266 e. The van der Waals surface area contributed by atoms with Gasteiger partial charge in [-0.2, -0.15) is 0 Å². The van der Waals surface area contributed by atoms with Crippen LogP contribution in [0.1, 0.15) is 22.8 Å². The van der Waals surface area contributed by atoms with Crippen molar-refractivity contribution in [3.63, 3.8) is 0 Å². The fourth-order valence-electron chi connectivity index (χ4n) is 2.66. The van der Waals surface area contributed by atoms with Crippen molar-refractivity contribution in [2.45, 2.75) is 6.92 Å². The molecule has 156 valence electrons. The predicted molar refractivity (Wildman–Crippen MR) is 118 cm³/mol. The number of halogens is 1. The zero-order valence-corrected chi connectivity index (χ0v) is 18.9. The molecule has 9 heteroatoms. The molecule has 2 aromatic carbocycles. The fourth-order valence-corrected chi connectivity index (χ4v) is 4.08. The van der Waals surface area contributed by atoms with E-state index in [4.69, 9.17) is 9.47 Å². The molecule has 0 spiro atoms. The van der Waals surface area contributed by atoms with Gasteiger partial charge in [0, 0.05) is 11.5 Å².